The molecule has 4 heteroatoms. The summed E-state index contributed by atoms with van der Waals surface area (Å²) in [6.45, 7) is 28.7. The zero-order valence-corrected chi connectivity index (χ0v) is 21.3. The smallest absolute Gasteiger partial charge is 0.331 e. The summed E-state index contributed by atoms with van der Waals surface area (Å²) in [5.74, 6) is 0.757. The zero-order chi connectivity index (χ0) is 24.5. The molecule has 0 saturated carbocycles. The molecule has 0 amide bonds. The number of allylic oxidation sites excluding steroid dienone is 2. The minimum Gasteiger partial charge on any atom is -0.396 e. The van der Waals surface area contributed by atoms with Crippen LogP contribution in [0.15, 0.2) is 55.3 Å². The van der Waals surface area contributed by atoms with E-state index in [1.807, 2.05) is 6.20 Å². The van der Waals surface area contributed by atoms with Crippen molar-refractivity contribution in [3.05, 3.63) is 66.7 Å². The van der Waals surface area contributed by atoms with E-state index >= 15 is 0 Å². The predicted molar refractivity (Wildman–Crippen MR) is 134 cm³/mol. The molecule has 1 heterocycles. The third-order valence-corrected chi connectivity index (χ3v) is 7.01. The molecule has 4 nitrogen and oxygen atoms in total. The molecule has 1 aromatic carbocycles. The number of aromatic nitrogens is 2. The van der Waals surface area contributed by atoms with Crippen molar-refractivity contribution in [2.45, 2.75) is 60.4 Å². The molecule has 1 N–H and O–H groups in total. The number of aliphatic hydroxyl groups is 1. The SMILES string of the molecule is C=C(C(=C)C(C)(C)C)c1ncc2cc(C)ccc2[n+]1C(C)(C(=C)COC)C(C)(C)CCO. The van der Waals surface area contributed by atoms with Gasteiger partial charge < -0.3 is 9.84 Å². The van der Waals surface area contributed by atoms with Gasteiger partial charge in [0.2, 0.25) is 0 Å². The first-order valence-corrected chi connectivity index (χ1v) is 11.2. The van der Waals surface area contributed by atoms with Crippen LogP contribution in [0.3, 0.4) is 0 Å². The molecule has 0 aliphatic carbocycles. The highest BCUT2D eigenvalue weighted by molar-refractivity contribution is 5.79. The minimum absolute atomic E-state index is 0.0751. The molecule has 0 bridgehead atoms. The summed E-state index contributed by atoms with van der Waals surface area (Å²) in [4.78, 5) is 4.92. The van der Waals surface area contributed by atoms with Gasteiger partial charge in [0.25, 0.3) is 0 Å². The highest BCUT2D eigenvalue weighted by Crippen LogP contribution is 2.43. The third kappa shape index (κ3) is 4.57. The quantitative estimate of drug-likeness (QED) is 0.308. The van der Waals surface area contributed by atoms with Gasteiger partial charge in [0.15, 0.2) is 6.20 Å². The lowest BCUT2D eigenvalue weighted by Gasteiger charge is -2.44. The molecule has 32 heavy (non-hydrogen) atoms. The molecule has 0 saturated heterocycles. The summed E-state index contributed by atoms with van der Waals surface area (Å²) in [5.41, 5.74) is 3.72. The van der Waals surface area contributed by atoms with Crippen molar-refractivity contribution in [2.75, 3.05) is 20.3 Å². The topological polar surface area (TPSA) is 46.2 Å². The molecule has 1 atom stereocenters. The Morgan fingerprint density at radius 1 is 1.09 bits per heavy atom. The second-order valence-electron chi connectivity index (χ2n) is 10.7. The summed E-state index contributed by atoms with van der Waals surface area (Å²) < 4.78 is 7.79. The largest absolute Gasteiger partial charge is 0.396 e. The maximum absolute atomic E-state index is 9.93. The van der Waals surface area contributed by atoms with E-state index in [0.29, 0.717) is 13.0 Å². The molecule has 0 spiro atoms. The summed E-state index contributed by atoms with van der Waals surface area (Å²) in [6, 6.07) is 6.39. The molecule has 0 aliphatic heterocycles. The van der Waals surface area contributed by atoms with Crippen LogP contribution in [0.4, 0.5) is 0 Å². The van der Waals surface area contributed by atoms with Gasteiger partial charge in [0, 0.05) is 19.1 Å². The van der Waals surface area contributed by atoms with Crippen molar-refractivity contribution < 1.29 is 14.4 Å². The van der Waals surface area contributed by atoms with Crippen LogP contribution < -0.4 is 4.57 Å². The van der Waals surface area contributed by atoms with Gasteiger partial charge in [0.1, 0.15) is 11.1 Å². The number of aryl methyl sites for hydroxylation is 1. The third-order valence-electron chi connectivity index (χ3n) is 7.01. The summed E-state index contributed by atoms with van der Waals surface area (Å²) in [7, 11) is 1.68. The lowest BCUT2D eigenvalue weighted by Crippen LogP contribution is -2.66. The second kappa shape index (κ2) is 9.29. The summed E-state index contributed by atoms with van der Waals surface area (Å²) >= 11 is 0. The number of hydrogen-bond acceptors (Lipinski definition) is 3. The molecular weight excluding hydrogens is 396 g/mol. The van der Waals surface area contributed by atoms with Crippen molar-refractivity contribution >= 4 is 16.5 Å². The number of hydrogen-bond donors (Lipinski definition) is 1. The maximum atomic E-state index is 9.93. The fourth-order valence-corrected chi connectivity index (χ4v) is 4.31. The van der Waals surface area contributed by atoms with E-state index in [1.165, 1.54) is 5.56 Å². The maximum Gasteiger partial charge on any atom is 0.331 e. The van der Waals surface area contributed by atoms with Crippen molar-refractivity contribution in [1.29, 1.82) is 0 Å². The van der Waals surface area contributed by atoms with Crippen molar-refractivity contribution in [2.24, 2.45) is 10.8 Å². The van der Waals surface area contributed by atoms with Crippen LogP contribution in [0, 0.1) is 17.8 Å². The van der Waals surface area contributed by atoms with Gasteiger partial charge in [-0.2, -0.15) is 0 Å². The van der Waals surface area contributed by atoms with Crippen molar-refractivity contribution in [3.8, 4) is 0 Å². The standard InChI is InChI=1S/C28H41N2O2/c1-19-12-13-24-23(16-19)17-29-25(21(3)22(4)26(5,6)7)30(24)28(10,20(2)18-32-11)27(8,9)14-15-31/h12-13,16-17,31H,2-4,14-15,18H2,1,5-11H3/q+1. The predicted octanol–water partition coefficient (Wildman–Crippen LogP) is 5.77. The Labute approximate surface area is 194 Å². The first-order valence-electron chi connectivity index (χ1n) is 11.2. The van der Waals surface area contributed by atoms with Crippen molar-refractivity contribution in [1.82, 2.24) is 4.98 Å². The number of fused-ring (bicyclic) bond motifs is 1. The summed E-state index contributed by atoms with van der Waals surface area (Å²) in [5, 5.41) is 11.0. The Hall–Kier alpha value is -2.30. The van der Waals surface area contributed by atoms with Crippen LogP contribution in [-0.4, -0.2) is 30.4 Å². The van der Waals surface area contributed by atoms with Gasteiger partial charge in [-0.05, 0) is 53.9 Å². The van der Waals surface area contributed by atoms with Gasteiger partial charge in [-0.1, -0.05) is 66.0 Å². The monoisotopic (exact) mass is 437 g/mol. The summed E-state index contributed by atoms with van der Waals surface area (Å²) in [6.07, 6.45) is 2.50. The van der Waals surface area contributed by atoms with Gasteiger partial charge in [-0.15, -0.1) is 0 Å². The average molecular weight is 438 g/mol. The number of ether oxygens (including phenoxy) is 1. The fourth-order valence-electron chi connectivity index (χ4n) is 4.31. The molecule has 0 aliphatic rings. The Morgan fingerprint density at radius 3 is 2.25 bits per heavy atom. The van der Waals surface area contributed by atoms with Gasteiger partial charge >= 0.3 is 5.82 Å². The van der Waals surface area contributed by atoms with E-state index in [0.717, 1.165) is 33.4 Å². The number of methoxy groups -OCH3 is 1. The zero-order valence-electron chi connectivity index (χ0n) is 21.3. The second-order valence-corrected chi connectivity index (χ2v) is 10.7. The van der Waals surface area contributed by atoms with E-state index in [-0.39, 0.29) is 17.4 Å². The van der Waals surface area contributed by atoms with Gasteiger partial charge in [-0.3, -0.25) is 0 Å². The average Bonchev–Trinajstić information content (AvgIpc) is 2.70. The Bertz CT molecular complexity index is 1040. The van der Waals surface area contributed by atoms with E-state index in [2.05, 4.69) is 91.0 Å². The number of rotatable bonds is 9. The van der Waals surface area contributed by atoms with E-state index in [4.69, 9.17) is 9.72 Å². The molecule has 2 aromatic rings. The lowest BCUT2D eigenvalue weighted by atomic mass is 9.66. The molecule has 0 radical (unpaired) electrons. The van der Waals surface area contributed by atoms with E-state index in [9.17, 15) is 5.11 Å². The van der Waals surface area contributed by atoms with E-state index in [1.54, 1.807) is 7.11 Å². The number of aliphatic hydroxyl groups excluding tert-OH is 1. The molecule has 174 valence electrons. The molecule has 2 rings (SSSR count). The number of benzene rings is 1. The van der Waals surface area contributed by atoms with Crippen LogP contribution >= 0.6 is 0 Å². The van der Waals surface area contributed by atoms with Crippen molar-refractivity contribution in [3.63, 3.8) is 0 Å². The Kier molecular flexibility index (Phi) is 7.53. The molecule has 1 unspecified atom stereocenters. The normalized spacial score (nSPS) is 14.3. The first-order chi connectivity index (χ1) is 14.7. The fraction of sp³-hybridized carbons (Fsp3) is 0.500. The highest BCUT2D eigenvalue weighted by atomic mass is 16.5. The highest BCUT2D eigenvalue weighted by Gasteiger charge is 2.51. The van der Waals surface area contributed by atoms with E-state index < -0.39 is 5.54 Å². The van der Waals surface area contributed by atoms with Crippen LogP contribution in [-0.2, 0) is 10.3 Å². The number of nitrogens with zero attached hydrogens (tertiary/aromatic N) is 2. The van der Waals surface area contributed by atoms with Gasteiger partial charge in [0.05, 0.1) is 17.6 Å². The Balaban J connectivity index is 3.02. The van der Waals surface area contributed by atoms with Crippen LogP contribution in [0.2, 0.25) is 0 Å². The first kappa shape index (κ1) is 26.0. The lowest BCUT2D eigenvalue weighted by molar-refractivity contribution is -0.748. The minimum atomic E-state index is -0.621. The van der Waals surface area contributed by atoms with Crippen LogP contribution in [0.5, 0.6) is 0 Å². The molecular formula is C28H41N2O2+. The van der Waals surface area contributed by atoms with Gasteiger partial charge in [-0.25, -0.2) is 4.57 Å². The molecule has 1 aromatic heterocycles. The van der Waals surface area contributed by atoms with Crippen LogP contribution in [0.1, 0.15) is 59.4 Å². The Morgan fingerprint density at radius 2 is 1.72 bits per heavy atom. The molecule has 0 fully saturated rings. The van der Waals surface area contributed by atoms with Crippen LogP contribution in [0.25, 0.3) is 16.5 Å².